The van der Waals surface area contributed by atoms with Crippen LogP contribution in [-0.4, -0.2) is 23.1 Å². The number of rotatable bonds is 10. The molecule has 0 spiro atoms. The highest BCUT2D eigenvalue weighted by atomic mass is 15.2. The molecule has 1 aromatic heterocycles. The van der Waals surface area contributed by atoms with E-state index >= 15 is 0 Å². The molecular formula is C18H33N3. The monoisotopic (exact) mass is 291 g/mol. The normalized spacial score (nSPS) is 11.7. The van der Waals surface area contributed by atoms with Gasteiger partial charge in [-0.05, 0) is 30.7 Å². The molecule has 3 heteroatoms. The Morgan fingerprint density at radius 2 is 1.86 bits per heavy atom. The second-order valence-electron chi connectivity index (χ2n) is 6.69. The molecule has 0 radical (unpaired) electrons. The molecule has 1 rings (SSSR count). The summed E-state index contributed by atoms with van der Waals surface area (Å²) in [6.07, 6.45) is 8.85. The third kappa shape index (κ3) is 6.45. The van der Waals surface area contributed by atoms with Gasteiger partial charge in [-0.15, -0.1) is 0 Å². The lowest BCUT2D eigenvalue weighted by Crippen LogP contribution is -2.30. The predicted molar refractivity (Wildman–Crippen MR) is 91.8 cm³/mol. The Labute approximate surface area is 131 Å². The summed E-state index contributed by atoms with van der Waals surface area (Å²) in [7, 11) is 0. The fraction of sp³-hybridized carbons (Fsp3) is 0.778. The lowest BCUT2D eigenvalue weighted by molar-refractivity contribution is 0.323. The second kappa shape index (κ2) is 9.01. The van der Waals surface area contributed by atoms with Crippen LogP contribution in [0.1, 0.15) is 72.5 Å². The number of anilines is 1. The van der Waals surface area contributed by atoms with Gasteiger partial charge < -0.3 is 4.90 Å². The Bertz CT molecular complexity index is 401. The van der Waals surface area contributed by atoms with Gasteiger partial charge in [0.05, 0.1) is 0 Å². The van der Waals surface area contributed by atoms with Crippen molar-refractivity contribution in [2.75, 3.05) is 18.0 Å². The van der Waals surface area contributed by atoms with Gasteiger partial charge in [0.1, 0.15) is 11.6 Å². The first-order chi connectivity index (χ1) is 10.0. The highest BCUT2D eigenvalue weighted by Gasteiger charge is 2.17. The van der Waals surface area contributed by atoms with Gasteiger partial charge in [0.2, 0.25) is 0 Å². The third-order valence-electron chi connectivity index (χ3n) is 4.28. The molecule has 0 saturated carbocycles. The van der Waals surface area contributed by atoms with Crippen molar-refractivity contribution in [3.05, 3.63) is 18.1 Å². The van der Waals surface area contributed by atoms with Crippen LogP contribution >= 0.6 is 0 Å². The summed E-state index contributed by atoms with van der Waals surface area (Å²) in [4.78, 5) is 11.6. The summed E-state index contributed by atoms with van der Waals surface area (Å²) >= 11 is 0. The molecular weight excluding hydrogens is 258 g/mol. The minimum atomic E-state index is 0.407. The van der Waals surface area contributed by atoms with E-state index in [1.807, 2.05) is 6.20 Å². The Balaban J connectivity index is 2.75. The minimum absolute atomic E-state index is 0.407. The maximum absolute atomic E-state index is 4.77. The second-order valence-corrected chi connectivity index (χ2v) is 6.69. The lowest BCUT2D eigenvalue weighted by Gasteiger charge is -2.29. The van der Waals surface area contributed by atoms with Gasteiger partial charge in [-0.1, -0.05) is 47.5 Å². The molecule has 1 aromatic rings. The molecule has 0 aliphatic heterocycles. The zero-order valence-corrected chi connectivity index (χ0v) is 14.7. The molecule has 21 heavy (non-hydrogen) atoms. The third-order valence-corrected chi connectivity index (χ3v) is 4.28. The van der Waals surface area contributed by atoms with Crippen molar-refractivity contribution in [3.63, 3.8) is 0 Å². The predicted octanol–water partition coefficient (Wildman–Crippen LogP) is 4.86. The van der Waals surface area contributed by atoms with E-state index in [1.165, 1.54) is 25.7 Å². The molecule has 0 amide bonds. The summed E-state index contributed by atoms with van der Waals surface area (Å²) in [5.74, 6) is 2.09. The molecule has 0 atom stereocenters. The maximum atomic E-state index is 4.77. The van der Waals surface area contributed by atoms with Crippen molar-refractivity contribution in [2.24, 2.45) is 5.41 Å². The topological polar surface area (TPSA) is 29.0 Å². The first-order valence-corrected chi connectivity index (χ1v) is 8.59. The van der Waals surface area contributed by atoms with Crippen molar-refractivity contribution in [1.29, 1.82) is 0 Å². The molecule has 0 aromatic carbocycles. The van der Waals surface area contributed by atoms with Gasteiger partial charge in [-0.2, -0.15) is 0 Å². The SMILES string of the molecule is CCCCc1nccc(N(CCC)CCC(C)(C)CC)n1. The summed E-state index contributed by atoms with van der Waals surface area (Å²) in [5.41, 5.74) is 0.407. The Morgan fingerprint density at radius 1 is 1.10 bits per heavy atom. The van der Waals surface area contributed by atoms with Crippen molar-refractivity contribution in [3.8, 4) is 0 Å². The van der Waals surface area contributed by atoms with E-state index in [0.717, 1.165) is 37.6 Å². The van der Waals surface area contributed by atoms with Crippen molar-refractivity contribution >= 4 is 5.82 Å². The zero-order chi connectivity index (χ0) is 15.7. The first kappa shape index (κ1) is 17.9. The van der Waals surface area contributed by atoms with Crippen LogP contribution in [0.3, 0.4) is 0 Å². The van der Waals surface area contributed by atoms with Crippen LogP contribution in [0.15, 0.2) is 12.3 Å². The Kier molecular flexibility index (Phi) is 7.69. The zero-order valence-electron chi connectivity index (χ0n) is 14.7. The number of unbranched alkanes of at least 4 members (excludes halogenated alkanes) is 1. The van der Waals surface area contributed by atoms with E-state index in [0.29, 0.717) is 5.41 Å². The first-order valence-electron chi connectivity index (χ1n) is 8.59. The summed E-state index contributed by atoms with van der Waals surface area (Å²) in [6.45, 7) is 13.6. The van der Waals surface area contributed by atoms with Gasteiger partial charge in [-0.3, -0.25) is 0 Å². The fourth-order valence-electron chi connectivity index (χ4n) is 2.25. The van der Waals surface area contributed by atoms with Gasteiger partial charge in [0.15, 0.2) is 0 Å². The highest BCUT2D eigenvalue weighted by molar-refractivity contribution is 5.37. The number of aryl methyl sites for hydroxylation is 1. The molecule has 0 saturated heterocycles. The highest BCUT2D eigenvalue weighted by Crippen LogP contribution is 2.25. The number of nitrogens with zero attached hydrogens (tertiary/aromatic N) is 3. The molecule has 0 unspecified atom stereocenters. The van der Waals surface area contributed by atoms with E-state index in [-0.39, 0.29) is 0 Å². The average Bonchev–Trinajstić information content (AvgIpc) is 2.49. The van der Waals surface area contributed by atoms with E-state index in [9.17, 15) is 0 Å². The lowest BCUT2D eigenvalue weighted by atomic mass is 9.86. The van der Waals surface area contributed by atoms with Gasteiger partial charge in [0, 0.05) is 25.7 Å². The van der Waals surface area contributed by atoms with Crippen LogP contribution in [0.25, 0.3) is 0 Å². The quantitative estimate of drug-likeness (QED) is 0.616. The number of hydrogen-bond donors (Lipinski definition) is 0. The smallest absolute Gasteiger partial charge is 0.132 e. The Hall–Kier alpha value is -1.12. The number of hydrogen-bond acceptors (Lipinski definition) is 3. The molecule has 0 N–H and O–H groups in total. The summed E-state index contributed by atoms with van der Waals surface area (Å²) < 4.78 is 0. The maximum Gasteiger partial charge on any atom is 0.132 e. The van der Waals surface area contributed by atoms with Crippen LogP contribution in [0, 0.1) is 5.41 Å². The van der Waals surface area contributed by atoms with Gasteiger partial charge in [-0.25, -0.2) is 9.97 Å². The Morgan fingerprint density at radius 3 is 2.48 bits per heavy atom. The largest absolute Gasteiger partial charge is 0.357 e. The molecule has 0 bridgehead atoms. The van der Waals surface area contributed by atoms with Crippen molar-refractivity contribution in [1.82, 2.24) is 9.97 Å². The molecule has 3 nitrogen and oxygen atoms in total. The van der Waals surface area contributed by atoms with Crippen LogP contribution in [0.2, 0.25) is 0 Å². The molecule has 0 aliphatic carbocycles. The average molecular weight is 291 g/mol. The molecule has 1 heterocycles. The van der Waals surface area contributed by atoms with E-state index in [2.05, 4.69) is 50.6 Å². The molecule has 120 valence electrons. The standard InChI is InChI=1S/C18H33N3/c1-6-9-10-16-19-13-11-17(20-16)21(14-7-2)15-12-18(4,5)8-3/h11,13H,6-10,12,14-15H2,1-5H3. The molecule has 0 aliphatic rings. The summed E-state index contributed by atoms with van der Waals surface area (Å²) in [6, 6.07) is 2.06. The van der Waals surface area contributed by atoms with Crippen LogP contribution < -0.4 is 4.90 Å². The van der Waals surface area contributed by atoms with Crippen molar-refractivity contribution in [2.45, 2.75) is 73.1 Å². The molecule has 0 fully saturated rings. The van der Waals surface area contributed by atoms with E-state index in [4.69, 9.17) is 4.98 Å². The van der Waals surface area contributed by atoms with Crippen LogP contribution in [-0.2, 0) is 6.42 Å². The minimum Gasteiger partial charge on any atom is -0.357 e. The van der Waals surface area contributed by atoms with Crippen LogP contribution in [0.4, 0.5) is 5.82 Å². The summed E-state index contributed by atoms with van der Waals surface area (Å²) in [5, 5.41) is 0. The fourth-order valence-corrected chi connectivity index (χ4v) is 2.25. The van der Waals surface area contributed by atoms with E-state index in [1.54, 1.807) is 0 Å². The van der Waals surface area contributed by atoms with Crippen LogP contribution in [0.5, 0.6) is 0 Å². The number of aromatic nitrogens is 2. The van der Waals surface area contributed by atoms with Gasteiger partial charge >= 0.3 is 0 Å². The van der Waals surface area contributed by atoms with Gasteiger partial charge in [0.25, 0.3) is 0 Å². The van der Waals surface area contributed by atoms with Crippen molar-refractivity contribution < 1.29 is 0 Å². The van der Waals surface area contributed by atoms with E-state index < -0.39 is 0 Å².